The number of carbonyl (C=O) groups is 1. The number of carbonyl (C=O) groups excluding carboxylic acids is 1. The Morgan fingerprint density at radius 3 is 2.55 bits per heavy atom. The van der Waals surface area contributed by atoms with Gasteiger partial charge in [0, 0.05) is 18.7 Å². The third-order valence-corrected chi connectivity index (χ3v) is 5.58. The van der Waals surface area contributed by atoms with Gasteiger partial charge in [-0.2, -0.15) is 13.2 Å². The molecule has 0 unspecified atom stereocenters. The summed E-state index contributed by atoms with van der Waals surface area (Å²) in [4.78, 5) is 16.8. The maximum absolute atomic E-state index is 13.0. The predicted octanol–water partition coefficient (Wildman–Crippen LogP) is 3.33. The van der Waals surface area contributed by atoms with Crippen LogP contribution in [0.25, 0.3) is 0 Å². The molecule has 6 nitrogen and oxygen atoms in total. The van der Waals surface area contributed by atoms with Crippen LogP contribution < -0.4 is 0 Å². The summed E-state index contributed by atoms with van der Waals surface area (Å²) < 4.78 is 41.0. The molecule has 1 saturated heterocycles. The van der Waals surface area contributed by atoms with E-state index in [1.54, 1.807) is 4.90 Å². The van der Waals surface area contributed by atoms with Crippen molar-refractivity contribution in [3.63, 3.8) is 0 Å². The van der Waals surface area contributed by atoms with Crippen molar-refractivity contribution in [1.82, 2.24) is 24.6 Å². The van der Waals surface area contributed by atoms with E-state index in [0.717, 1.165) is 37.6 Å². The van der Waals surface area contributed by atoms with E-state index in [2.05, 4.69) is 19.7 Å². The van der Waals surface area contributed by atoms with E-state index in [4.69, 9.17) is 0 Å². The second-order valence-electron chi connectivity index (χ2n) is 7.68. The summed E-state index contributed by atoms with van der Waals surface area (Å²) >= 11 is 0. The van der Waals surface area contributed by atoms with E-state index in [1.165, 1.54) is 31.4 Å². The van der Waals surface area contributed by atoms with Gasteiger partial charge in [0.1, 0.15) is 5.82 Å². The zero-order chi connectivity index (χ0) is 20.4. The fraction of sp³-hybridized carbons (Fsp3) is 0.550. The second kappa shape index (κ2) is 8.14. The Balaban J connectivity index is 1.50. The summed E-state index contributed by atoms with van der Waals surface area (Å²) in [6.07, 6.45) is -0.108. The Bertz CT molecular complexity index is 873. The highest BCUT2D eigenvalue weighted by Crippen LogP contribution is 2.30. The topological polar surface area (TPSA) is 54.3 Å². The lowest BCUT2D eigenvalue weighted by Gasteiger charge is -2.25. The molecule has 0 saturated carbocycles. The summed E-state index contributed by atoms with van der Waals surface area (Å²) in [5.74, 6) is 1.18. The second-order valence-corrected chi connectivity index (χ2v) is 7.68. The Morgan fingerprint density at radius 1 is 1.00 bits per heavy atom. The summed E-state index contributed by atoms with van der Waals surface area (Å²) in [5, 5.41) is 8.61. The van der Waals surface area contributed by atoms with Gasteiger partial charge in [-0.25, -0.2) is 0 Å². The van der Waals surface area contributed by atoms with Gasteiger partial charge in [0.05, 0.1) is 18.7 Å². The van der Waals surface area contributed by atoms with E-state index < -0.39 is 17.6 Å². The number of piperidine rings is 1. The van der Waals surface area contributed by atoms with Crippen molar-refractivity contribution >= 4 is 5.91 Å². The lowest BCUT2D eigenvalue weighted by atomic mass is 10.1. The minimum absolute atomic E-state index is 0.0429. The summed E-state index contributed by atoms with van der Waals surface area (Å²) in [7, 11) is 0. The molecule has 1 amide bonds. The Labute approximate surface area is 167 Å². The molecule has 1 aromatic heterocycles. The van der Waals surface area contributed by atoms with Crippen LogP contribution in [-0.4, -0.2) is 50.1 Å². The number of rotatable bonds is 3. The molecular formula is C20H24F3N5O. The van der Waals surface area contributed by atoms with Gasteiger partial charge >= 0.3 is 6.18 Å². The molecule has 2 aliphatic rings. The minimum atomic E-state index is -4.47. The van der Waals surface area contributed by atoms with Crippen molar-refractivity contribution < 1.29 is 18.0 Å². The average Bonchev–Trinajstić information content (AvgIpc) is 2.95. The normalized spacial score (nSPS) is 18.4. The number of likely N-dealkylation sites (tertiary alicyclic amines) is 1. The first kappa shape index (κ1) is 19.9. The van der Waals surface area contributed by atoms with E-state index in [9.17, 15) is 18.0 Å². The molecule has 0 atom stereocenters. The van der Waals surface area contributed by atoms with Gasteiger partial charge in [-0.3, -0.25) is 9.69 Å². The minimum Gasteiger partial charge on any atom is -0.331 e. The molecule has 2 aliphatic heterocycles. The highest BCUT2D eigenvalue weighted by molar-refractivity contribution is 5.94. The van der Waals surface area contributed by atoms with Crippen LogP contribution in [0.5, 0.6) is 0 Å². The first-order chi connectivity index (χ1) is 13.9. The van der Waals surface area contributed by atoms with Crippen molar-refractivity contribution in [3.05, 3.63) is 47.0 Å². The number of aromatic nitrogens is 3. The highest BCUT2D eigenvalue weighted by Gasteiger charge is 2.32. The van der Waals surface area contributed by atoms with E-state index >= 15 is 0 Å². The quantitative estimate of drug-likeness (QED) is 0.783. The highest BCUT2D eigenvalue weighted by atomic mass is 19.4. The molecule has 2 aromatic rings. The van der Waals surface area contributed by atoms with Crippen molar-refractivity contribution in [1.29, 1.82) is 0 Å². The maximum atomic E-state index is 13.0. The first-order valence-electron chi connectivity index (χ1n) is 10.0. The lowest BCUT2D eigenvalue weighted by molar-refractivity contribution is -0.137. The fourth-order valence-corrected chi connectivity index (χ4v) is 4.04. The average molecular weight is 407 g/mol. The summed E-state index contributed by atoms with van der Waals surface area (Å²) in [6.45, 7) is 4.29. The van der Waals surface area contributed by atoms with Crippen LogP contribution in [-0.2, 0) is 25.8 Å². The third-order valence-electron chi connectivity index (χ3n) is 5.58. The molecule has 4 rings (SSSR count). The standard InChI is InChI=1S/C20H24F3N5O/c21-20(22,23)16-7-4-6-15(12-16)19(29)27-10-5-11-28-17(24-25-18(28)14-27)13-26-8-2-1-3-9-26/h4,6-7,12H,1-3,5,8-11,13-14H2. The maximum Gasteiger partial charge on any atom is 0.416 e. The smallest absolute Gasteiger partial charge is 0.331 e. The fourth-order valence-electron chi connectivity index (χ4n) is 4.04. The lowest BCUT2D eigenvalue weighted by Crippen LogP contribution is -2.31. The molecule has 9 heteroatoms. The van der Waals surface area contributed by atoms with Crippen LogP contribution in [0.4, 0.5) is 13.2 Å². The number of hydrogen-bond acceptors (Lipinski definition) is 4. The van der Waals surface area contributed by atoms with Crippen LogP contribution in [0.3, 0.4) is 0 Å². The van der Waals surface area contributed by atoms with Gasteiger partial charge < -0.3 is 9.47 Å². The van der Waals surface area contributed by atoms with Gasteiger partial charge in [-0.15, -0.1) is 10.2 Å². The molecule has 0 spiro atoms. The van der Waals surface area contributed by atoms with E-state index in [1.807, 2.05) is 0 Å². The Morgan fingerprint density at radius 2 is 1.79 bits per heavy atom. The zero-order valence-corrected chi connectivity index (χ0v) is 16.2. The summed E-state index contributed by atoms with van der Waals surface area (Å²) in [6, 6.07) is 4.59. The first-order valence-corrected chi connectivity index (χ1v) is 10.0. The van der Waals surface area contributed by atoms with Crippen molar-refractivity contribution in [2.24, 2.45) is 0 Å². The van der Waals surface area contributed by atoms with E-state index in [-0.39, 0.29) is 12.1 Å². The molecule has 0 bridgehead atoms. The number of fused-ring (bicyclic) bond motifs is 1. The van der Waals surface area contributed by atoms with Gasteiger partial charge in [0.25, 0.3) is 5.91 Å². The SMILES string of the molecule is O=C(c1cccc(C(F)(F)F)c1)N1CCCn2c(CN3CCCCC3)nnc2C1. The van der Waals surface area contributed by atoms with Gasteiger partial charge in [-0.1, -0.05) is 12.5 Å². The Hall–Kier alpha value is -2.42. The van der Waals surface area contributed by atoms with Crippen molar-refractivity contribution in [2.45, 2.75) is 51.5 Å². The van der Waals surface area contributed by atoms with Gasteiger partial charge in [-0.05, 0) is 50.6 Å². The molecule has 0 aliphatic carbocycles. The predicted molar refractivity (Wildman–Crippen MR) is 100.0 cm³/mol. The Kier molecular flexibility index (Phi) is 5.58. The van der Waals surface area contributed by atoms with Gasteiger partial charge in [0.2, 0.25) is 0 Å². The largest absolute Gasteiger partial charge is 0.416 e. The molecular weight excluding hydrogens is 383 g/mol. The molecule has 29 heavy (non-hydrogen) atoms. The molecule has 1 aromatic carbocycles. The summed E-state index contributed by atoms with van der Waals surface area (Å²) in [5.41, 5.74) is -0.772. The molecule has 1 fully saturated rings. The van der Waals surface area contributed by atoms with Crippen LogP contribution in [0.15, 0.2) is 24.3 Å². The van der Waals surface area contributed by atoms with E-state index in [0.29, 0.717) is 25.3 Å². The van der Waals surface area contributed by atoms with Crippen molar-refractivity contribution in [2.75, 3.05) is 19.6 Å². The third kappa shape index (κ3) is 4.44. The monoisotopic (exact) mass is 407 g/mol. The van der Waals surface area contributed by atoms with Crippen LogP contribution in [0, 0.1) is 0 Å². The van der Waals surface area contributed by atoms with Crippen molar-refractivity contribution in [3.8, 4) is 0 Å². The molecule has 0 N–H and O–H groups in total. The number of hydrogen-bond donors (Lipinski definition) is 0. The molecule has 3 heterocycles. The number of nitrogens with zero attached hydrogens (tertiary/aromatic N) is 5. The van der Waals surface area contributed by atoms with Crippen LogP contribution >= 0.6 is 0 Å². The number of halogens is 3. The molecule has 0 radical (unpaired) electrons. The van der Waals surface area contributed by atoms with Crippen LogP contribution in [0.2, 0.25) is 0 Å². The number of amides is 1. The van der Waals surface area contributed by atoms with Gasteiger partial charge in [0.15, 0.2) is 5.82 Å². The molecule has 156 valence electrons. The zero-order valence-electron chi connectivity index (χ0n) is 16.2. The number of benzene rings is 1. The number of alkyl halides is 3. The van der Waals surface area contributed by atoms with Crippen LogP contribution in [0.1, 0.15) is 53.3 Å².